The quantitative estimate of drug-likeness (QED) is 0.454. The highest BCUT2D eigenvalue weighted by atomic mass is 127. The zero-order valence-corrected chi connectivity index (χ0v) is 8.44. The maximum absolute atomic E-state index is 5.36. The minimum Gasteiger partial charge on any atom is -1.00 e. The van der Waals surface area contributed by atoms with Gasteiger partial charge in [-0.2, -0.15) is 0 Å². The van der Waals surface area contributed by atoms with Crippen LogP contribution in [-0.2, 0) is 6.54 Å². The van der Waals surface area contributed by atoms with Gasteiger partial charge in [-0.25, -0.2) is 9.13 Å². The van der Waals surface area contributed by atoms with E-state index in [0.29, 0.717) is 6.54 Å². The van der Waals surface area contributed by atoms with Crippen LogP contribution in [-0.4, -0.2) is 11.1 Å². The van der Waals surface area contributed by atoms with Crippen LogP contribution in [0.5, 0.6) is 0 Å². The molecule has 0 atom stereocenters. The van der Waals surface area contributed by atoms with Crippen LogP contribution in [0.3, 0.4) is 0 Å². The Hall–Kier alpha value is -0.360. The van der Waals surface area contributed by atoms with Gasteiger partial charge < -0.3 is 29.7 Å². The number of aromatic nitrogens is 2. The van der Waals surface area contributed by atoms with Crippen LogP contribution in [0.1, 0.15) is 0 Å². The third-order valence-corrected chi connectivity index (χ3v) is 1.31. The number of rotatable bonds is 3. The number of hydrogen-bond acceptors (Lipinski definition) is 1. The van der Waals surface area contributed by atoms with E-state index in [0.717, 1.165) is 6.54 Å². The van der Waals surface area contributed by atoms with Crippen molar-refractivity contribution in [2.75, 3.05) is 6.54 Å². The Labute approximate surface area is 83.5 Å². The van der Waals surface area contributed by atoms with E-state index in [2.05, 4.69) is 6.58 Å². The summed E-state index contributed by atoms with van der Waals surface area (Å²) in [6.45, 7) is 5.16. The van der Waals surface area contributed by atoms with E-state index in [9.17, 15) is 0 Å². The first-order valence-corrected chi connectivity index (χ1v) is 3.26. The predicted octanol–water partition coefficient (Wildman–Crippen LogP) is -3.16. The molecule has 11 heavy (non-hydrogen) atoms. The molecule has 1 rings (SSSR count). The van der Waals surface area contributed by atoms with Gasteiger partial charge in [0.15, 0.2) is 0 Å². The van der Waals surface area contributed by atoms with Crippen molar-refractivity contribution in [2.24, 2.45) is 5.73 Å². The molecule has 0 amide bonds. The lowest BCUT2D eigenvalue weighted by atomic mass is 10.6. The van der Waals surface area contributed by atoms with Gasteiger partial charge in [-0.15, -0.1) is 0 Å². The van der Waals surface area contributed by atoms with Gasteiger partial charge in [-0.1, -0.05) is 6.58 Å². The second-order valence-corrected chi connectivity index (χ2v) is 2.07. The van der Waals surface area contributed by atoms with Crippen molar-refractivity contribution in [3.05, 3.63) is 25.3 Å². The van der Waals surface area contributed by atoms with Crippen LogP contribution in [0.4, 0.5) is 0 Å². The van der Waals surface area contributed by atoms with Crippen molar-refractivity contribution < 1.29 is 28.5 Å². The van der Waals surface area contributed by atoms with E-state index in [1.54, 1.807) is 6.20 Å². The summed E-state index contributed by atoms with van der Waals surface area (Å²) in [4.78, 5) is 0. The highest BCUT2D eigenvalue weighted by Crippen LogP contribution is 1.81. The minimum absolute atomic E-state index is 0. The number of hydrogen-bond donors (Lipinski definition) is 1. The van der Waals surface area contributed by atoms with E-state index in [1.165, 1.54) is 0 Å². The SMILES string of the molecule is C=Cn1cc[n+](CCN)c1.[I-]. The fourth-order valence-electron chi connectivity index (χ4n) is 0.800. The maximum Gasteiger partial charge on any atom is 0.248 e. The number of nitrogens with zero attached hydrogens (tertiary/aromatic N) is 2. The normalized spacial score (nSPS) is 8.82. The zero-order chi connectivity index (χ0) is 7.40. The van der Waals surface area contributed by atoms with Crippen LogP contribution in [0.25, 0.3) is 6.20 Å². The van der Waals surface area contributed by atoms with Crippen LogP contribution in [0.15, 0.2) is 25.3 Å². The van der Waals surface area contributed by atoms with Crippen LogP contribution in [0.2, 0.25) is 0 Å². The fourth-order valence-corrected chi connectivity index (χ4v) is 0.800. The molecule has 0 aliphatic heterocycles. The lowest BCUT2D eigenvalue weighted by Gasteiger charge is -1.87. The lowest BCUT2D eigenvalue weighted by Crippen LogP contribution is -3.00. The summed E-state index contributed by atoms with van der Waals surface area (Å²) in [5.41, 5.74) is 5.36. The molecule has 2 N–H and O–H groups in total. The zero-order valence-electron chi connectivity index (χ0n) is 6.28. The monoisotopic (exact) mass is 265 g/mol. The van der Waals surface area contributed by atoms with Crippen LogP contribution < -0.4 is 34.3 Å². The molecule has 1 aromatic heterocycles. The largest absolute Gasteiger partial charge is 1.00 e. The summed E-state index contributed by atoms with van der Waals surface area (Å²) in [7, 11) is 0. The molecule has 0 bridgehead atoms. The number of halogens is 1. The van der Waals surface area contributed by atoms with E-state index in [4.69, 9.17) is 5.73 Å². The second kappa shape index (κ2) is 5.31. The molecule has 0 unspecified atom stereocenters. The van der Waals surface area contributed by atoms with Gasteiger partial charge in [-0.05, 0) is 0 Å². The van der Waals surface area contributed by atoms with Crippen LogP contribution in [0, 0.1) is 0 Å². The summed E-state index contributed by atoms with van der Waals surface area (Å²) in [5, 5.41) is 0. The van der Waals surface area contributed by atoms with E-state index < -0.39 is 0 Å². The summed E-state index contributed by atoms with van der Waals surface area (Å²) in [5.74, 6) is 0. The first kappa shape index (κ1) is 10.6. The summed E-state index contributed by atoms with van der Waals surface area (Å²) >= 11 is 0. The second-order valence-electron chi connectivity index (χ2n) is 2.07. The summed E-state index contributed by atoms with van der Waals surface area (Å²) in [6.07, 6.45) is 7.59. The number of imidazole rings is 1. The molecule has 1 heterocycles. The Kier molecular flexibility index (Phi) is 5.14. The first-order chi connectivity index (χ1) is 4.86. The highest BCUT2D eigenvalue weighted by Gasteiger charge is 1.96. The first-order valence-electron chi connectivity index (χ1n) is 3.26. The Balaban J connectivity index is 0.000001000. The molecule has 0 aliphatic rings. The Morgan fingerprint density at radius 2 is 2.36 bits per heavy atom. The Bertz CT molecular complexity index is 219. The van der Waals surface area contributed by atoms with E-state index >= 15 is 0 Å². The van der Waals surface area contributed by atoms with Gasteiger partial charge in [0.05, 0.1) is 6.20 Å². The van der Waals surface area contributed by atoms with E-state index in [-0.39, 0.29) is 24.0 Å². The predicted molar refractivity (Wildman–Crippen MR) is 40.1 cm³/mol. The third-order valence-electron chi connectivity index (χ3n) is 1.31. The Morgan fingerprint density at radius 1 is 1.64 bits per heavy atom. The molecular formula is C7H12IN3. The van der Waals surface area contributed by atoms with Gasteiger partial charge in [0.25, 0.3) is 0 Å². The van der Waals surface area contributed by atoms with Gasteiger partial charge in [0.1, 0.15) is 18.9 Å². The Morgan fingerprint density at radius 3 is 2.82 bits per heavy atom. The van der Waals surface area contributed by atoms with Crippen molar-refractivity contribution in [1.29, 1.82) is 0 Å². The molecule has 0 radical (unpaired) electrons. The van der Waals surface area contributed by atoms with Crippen molar-refractivity contribution in [1.82, 2.24) is 4.57 Å². The van der Waals surface area contributed by atoms with Crippen molar-refractivity contribution >= 4 is 6.20 Å². The van der Waals surface area contributed by atoms with E-state index in [1.807, 2.05) is 27.9 Å². The average molecular weight is 265 g/mol. The molecule has 0 fully saturated rings. The molecule has 3 nitrogen and oxygen atoms in total. The molecule has 1 aromatic rings. The highest BCUT2D eigenvalue weighted by molar-refractivity contribution is 5.12. The van der Waals surface area contributed by atoms with Gasteiger partial charge in [0, 0.05) is 6.54 Å². The molecule has 62 valence electrons. The van der Waals surface area contributed by atoms with Gasteiger partial charge in [-0.3, -0.25) is 0 Å². The number of nitrogens with two attached hydrogens (primary N) is 1. The van der Waals surface area contributed by atoms with Crippen molar-refractivity contribution in [3.63, 3.8) is 0 Å². The van der Waals surface area contributed by atoms with Crippen molar-refractivity contribution in [2.45, 2.75) is 6.54 Å². The minimum atomic E-state index is 0. The molecule has 4 heteroatoms. The molecular weight excluding hydrogens is 253 g/mol. The third kappa shape index (κ3) is 3.02. The van der Waals surface area contributed by atoms with Gasteiger partial charge in [0.2, 0.25) is 6.33 Å². The molecule has 0 spiro atoms. The molecule has 0 saturated carbocycles. The molecule has 0 aromatic carbocycles. The van der Waals surface area contributed by atoms with Crippen molar-refractivity contribution in [3.8, 4) is 0 Å². The summed E-state index contributed by atoms with van der Waals surface area (Å²) in [6, 6.07) is 0. The summed E-state index contributed by atoms with van der Waals surface area (Å²) < 4.78 is 3.90. The topological polar surface area (TPSA) is 34.8 Å². The van der Waals surface area contributed by atoms with Crippen LogP contribution >= 0.6 is 0 Å². The lowest BCUT2D eigenvalue weighted by molar-refractivity contribution is -0.693. The average Bonchev–Trinajstić information content (AvgIpc) is 2.37. The fraction of sp³-hybridized carbons (Fsp3) is 0.286. The molecule has 0 saturated heterocycles. The van der Waals surface area contributed by atoms with Gasteiger partial charge >= 0.3 is 0 Å². The smallest absolute Gasteiger partial charge is 0.248 e. The standard InChI is InChI=1S/C7H12N3.HI/c1-2-9-5-6-10(7-9)4-3-8;/h2,5-7H,1,3-4,8H2;1H/q+1;/p-1. The molecule has 0 aliphatic carbocycles. The maximum atomic E-state index is 5.36.